The van der Waals surface area contributed by atoms with Gasteiger partial charge in [0.15, 0.2) is 0 Å². The summed E-state index contributed by atoms with van der Waals surface area (Å²) in [5.41, 5.74) is 5.93. The van der Waals surface area contributed by atoms with E-state index in [4.69, 9.17) is 5.73 Å². The number of hydrogen-bond donors (Lipinski definition) is 1. The first-order chi connectivity index (χ1) is 10.2. The Hall–Kier alpha value is -0.610. The maximum absolute atomic E-state index is 12.5. The standard InChI is InChI=1S/C17H35N3O/c1-3-5-7-11-20(12-8-6-4-2)17(21)15-19-13-9-16(18)10-14-19/h16H,3-15,18H2,1-2H3. The zero-order valence-corrected chi connectivity index (χ0v) is 14.1. The lowest BCUT2D eigenvalue weighted by atomic mass is 10.1. The van der Waals surface area contributed by atoms with Crippen LogP contribution in [0.5, 0.6) is 0 Å². The van der Waals surface area contributed by atoms with Gasteiger partial charge < -0.3 is 10.6 Å². The van der Waals surface area contributed by atoms with E-state index in [2.05, 4.69) is 23.6 Å². The van der Waals surface area contributed by atoms with Gasteiger partial charge in [0.2, 0.25) is 5.91 Å². The number of nitrogens with two attached hydrogens (primary N) is 1. The molecule has 0 saturated carbocycles. The van der Waals surface area contributed by atoms with E-state index >= 15 is 0 Å². The molecule has 4 nitrogen and oxygen atoms in total. The van der Waals surface area contributed by atoms with Gasteiger partial charge in [-0.25, -0.2) is 0 Å². The number of rotatable bonds is 10. The van der Waals surface area contributed by atoms with Gasteiger partial charge in [-0.15, -0.1) is 0 Å². The Morgan fingerprint density at radius 2 is 1.57 bits per heavy atom. The fraction of sp³-hybridized carbons (Fsp3) is 0.941. The highest BCUT2D eigenvalue weighted by molar-refractivity contribution is 5.78. The molecular weight excluding hydrogens is 262 g/mol. The summed E-state index contributed by atoms with van der Waals surface area (Å²) < 4.78 is 0. The van der Waals surface area contributed by atoms with Crippen LogP contribution < -0.4 is 5.73 Å². The number of unbranched alkanes of at least 4 members (excludes halogenated alkanes) is 4. The maximum atomic E-state index is 12.5. The van der Waals surface area contributed by atoms with Gasteiger partial charge in [-0.1, -0.05) is 39.5 Å². The largest absolute Gasteiger partial charge is 0.342 e. The van der Waals surface area contributed by atoms with Gasteiger partial charge in [0.25, 0.3) is 0 Å². The molecule has 1 saturated heterocycles. The zero-order chi connectivity index (χ0) is 15.5. The van der Waals surface area contributed by atoms with Crippen LogP contribution in [-0.2, 0) is 4.79 Å². The summed E-state index contributed by atoms with van der Waals surface area (Å²) in [6, 6.07) is 0.335. The van der Waals surface area contributed by atoms with Crippen LogP contribution in [0.2, 0.25) is 0 Å². The summed E-state index contributed by atoms with van der Waals surface area (Å²) in [7, 11) is 0. The van der Waals surface area contributed by atoms with Crippen LogP contribution in [-0.4, -0.2) is 54.5 Å². The van der Waals surface area contributed by atoms with Gasteiger partial charge in [0, 0.05) is 32.2 Å². The molecule has 1 fully saturated rings. The van der Waals surface area contributed by atoms with Crippen LogP contribution in [0.15, 0.2) is 0 Å². The molecule has 1 heterocycles. The predicted octanol–water partition coefficient (Wildman–Crippen LogP) is 2.62. The van der Waals surface area contributed by atoms with Crippen LogP contribution >= 0.6 is 0 Å². The molecule has 1 aliphatic rings. The minimum Gasteiger partial charge on any atom is -0.342 e. The fourth-order valence-electron chi connectivity index (χ4n) is 2.87. The second-order valence-corrected chi connectivity index (χ2v) is 6.41. The minimum absolute atomic E-state index is 0.317. The number of carbonyl (C=O) groups is 1. The van der Waals surface area contributed by atoms with Gasteiger partial charge in [-0.3, -0.25) is 9.69 Å². The molecule has 0 unspecified atom stereocenters. The van der Waals surface area contributed by atoms with E-state index in [9.17, 15) is 4.79 Å². The van der Waals surface area contributed by atoms with Gasteiger partial charge in [0.1, 0.15) is 0 Å². The summed E-state index contributed by atoms with van der Waals surface area (Å²) in [6.45, 7) is 8.83. The molecule has 0 aromatic heterocycles. The van der Waals surface area contributed by atoms with E-state index in [1.807, 2.05) is 0 Å². The molecule has 0 radical (unpaired) electrons. The predicted molar refractivity (Wildman–Crippen MR) is 89.3 cm³/mol. The van der Waals surface area contributed by atoms with Crippen molar-refractivity contribution < 1.29 is 4.79 Å². The van der Waals surface area contributed by atoms with E-state index in [1.54, 1.807) is 0 Å². The lowest BCUT2D eigenvalue weighted by molar-refractivity contribution is -0.132. The Labute approximate surface area is 131 Å². The third-order valence-corrected chi connectivity index (χ3v) is 4.41. The molecule has 0 aliphatic carbocycles. The molecule has 0 aromatic rings. The molecule has 0 spiro atoms. The van der Waals surface area contributed by atoms with E-state index in [1.165, 1.54) is 25.7 Å². The number of carbonyl (C=O) groups excluding carboxylic acids is 1. The zero-order valence-electron chi connectivity index (χ0n) is 14.1. The number of nitrogens with zero attached hydrogens (tertiary/aromatic N) is 2. The Balaban J connectivity index is 2.37. The lowest BCUT2D eigenvalue weighted by Gasteiger charge is -2.32. The Bertz CT molecular complexity index is 265. The second-order valence-electron chi connectivity index (χ2n) is 6.41. The average Bonchev–Trinajstić information content (AvgIpc) is 2.48. The molecule has 4 heteroatoms. The van der Waals surface area contributed by atoms with Crippen LogP contribution in [0.3, 0.4) is 0 Å². The molecule has 0 atom stereocenters. The summed E-state index contributed by atoms with van der Waals surface area (Å²) in [5.74, 6) is 0.317. The number of amides is 1. The molecule has 2 N–H and O–H groups in total. The van der Waals surface area contributed by atoms with Gasteiger partial charge in [-0.05, 0) is 25.7 Å². The van der Waals surface area contributed by atoms with Gasteiger partial charge >= 0.3 is 0 Å². The van der Waals surface area contributed by atoms with Crippen molar-refractivity contribution in [3.63, 3.8) is 0 Å². The van der Waals surface area contributed by atoms with Crippen molar-refractivity contribution in [2.45, 2.75) is 71.3 Å². The highest BCUT2D eigenvalue weighted by Gasteiger charge is 2.21. The van der Waals surface area contributed by atoms with Crippen LogP contribution in [0, 0.1) is 0 Å². The number of piperidine rings is 1. The highest BCUT2D eigenvalue weighted by Crippen LogP contribution is 2.09. The third kappa shape index (κ3) is 7.82. The quantitative estimate of drug-likeness (QED) is 0.631. The normalized spacial score (nSPS) is 17.1. The monoisotopic (exact) mass is 297 g/mol. The smallest absolute Gasteiger partial charge is 0.236 e. The Morgan fingerprint density at radius 1 is 1.05 bits per heavy atom. The van der Waals surface area contributed by atoms with E-state index in [0.717, 1.165) is 51.9 Å². The first-order valence-corrected chi connectivity index (χ1v) is 8.93. The van der Waals surface area contributed by atoms with E-state index < -0.39 is 0 Å². The first kappa shape index (κ1) is 18.4. The highest BCUT2D eigenvalue weighted by atomic mass is 16.2. The molecule has 1 aliphatic heterocycles. The van der Waals surface area contributed by atoms with Crippen LogP contribution in [0.4, 0.5) is 0 Å². The molecule has 1 amide bonds. The maximum Gasteiger partial charge on any atom is 0.236 e. The number of likely N-dealkylation sites (tertiary alicyclic amines) is 1. The van der Waals surface area contributed by atoms with Crippen molar-refractivity contribution in [1.29, 1.82) is 0 Å². The van der Waals surface area contributed by atoms with Crippen LogP contribution in [0.25, 0.3) is 0 Å². The Morgan fingerprint density at radius 3 is 2.05 bits per heavy atom. The first-order valence-electron chi connectivity index (χ1n) is 8.93. The summed E-state index contributed by atoms with van der Waals surface area (Å²) in [5, 5.41) is 0. The minimum atomic E-state index is 0.317. The molecule has 124 valence electrons. The second kappa shape index (κ2) is 11.0. The summed E-state index contributed by atoms with van der Waals surface area (Å²) in [4.78, 5) is 16.9. The molecular formula is C17H35N3O. The SMILES string of the molecule is CCCCCN(CCCCC)C(=O)CN1CCC(N)CC1. The molecule has 0 aromatic carbocycles. The number of hydrogen-bond acceptors (Lipinski definition) is 3. The molecule has 21 heavy (non-hydrogen) atoms. The third-order valence-electron chi connectivity index (χ3n) is 4.41. The van der Waals surface area contributed by atoms with Crippen molar-refractivity contribution >= 4 is 5.91 Å². The fourth-order valence-corrected chi connectivity index (χ4v) is 2.87. The summed E-state index contributed by atoms with van der Waals surface area (Å²) >= 11 is 0. The van der Waals surface area contributed by atoms with Crippen LogP contribution in [0.1, 0.15) is 65.2 Å². The van der Waals surface area contributed by atoms with E-state index in [-0.39, 0.29) is 0 Å². The van der Waals surface area contributed by atoms with Crippen molar-refractivity contribution in [3.8, 4) is 0 Å². The van der Waals surface area contributed by atoms with Gasteiger partial charge in [-0.2, -0.15) is 0 Å². The Kier molecular flexibility index (Phi) is 9.68. The lowest BCUT2D eigenvalue weighted by Crippen LogP contribution is -2.46. The molecule has 1 rings (SSSR count). The van der Waals surface area contributed by atoms with Crippen molar-refractivity contribution in [1.82, 2.24) is 9.80 Å². The molecule has 0 bridgehead atoms. The van der Waals surface area contributed by atoms with Gasteiger partial charge in [0.05, 0.1) is 6.54 Å². The average molecular weight is 297 g/mol. The van der Waals surface area contributed by atoms with Crippen molar-refractivity contribution in [3.05, 3.63) is 0 Å². The van der Waals surface area contributed by atoms with Crippen molar-refractivity contribution in [2.75, 3.05) is 32.7 Å². The van der Waals surface area contributed by atoms with Crippen molar-refractivity contribution in [2.24, 2.45) is 5.73 Å². The topological polar surface area (TPSA) is 49.6 Å². The van der Waals surface area contributed by atoms with E-state index in [0.29, 0.717) is 18.5 Å². The summed E-state index contributed by atoms with van der Waals surface area (Å²) in [6.07, 6.45) is 9.19.